The summed E-state index contributed by atoms with van der Waals surface area (Å²) in [6, 6.07) is 10.6. The van der Waals surface area contributed by atoms with Gasteiger partial charge >= 0.3 is 5.97 Å². The van der Waals surface area contributed by atoms with E-state index in [1.165, 1.54) is 35.9 Å². The van der Waals surface area contributed by atoms with Crippen LogP contribution in [-0.4, -0.2) is 37.6 Å². The number of nitro groups is 1. The van der Waals surface area contributed by atoms with Crippen LogP contribution in [0.5, 0.6) is 5.75 Å². The van der Waals surface area contributed by atoms with E-state index in [9.17, 15) is 24.8 Å². The minimum absolute atomic E-state index is 0.00412. The number of hydrogen-bond acceptors (Lipinski definition) is 8. The zero-order chi connectivity index (χ0) is 25.8. The highest BCUT2D eigenvalue weighted by atomic mass is 16.6. The number of aromatic nitrogens is 3. The smallest absolute Gasteiger partial charge is 0.306 e. The van der Waals surface area contributed by atoms with Gasteiger partial charge in [0.25, 0.3) is 11.2 Å². The fourth-order valence-electron chi connectivity index (χ4n) is 4.09. The molecule has 3 aromatic heterocycles. The molecule has 0 bridgehead atoms. The van der Waals surface area contributed by atoms with Crippen LogP contribution < -0.4 is 5.56 Å². The third kappa shape index (κ3) is 5.04. The summed E-state index contributed by atoms with van der Waals surface area (Å²) in [4.78, 5) is 43.5. The summed E-state index contributed by atoms with van der Waals surface area (Å²) in [6.07, 6.45) is 3.46. The number of aromatic amines is 1. The summed E-state index contributed by atoms with van der Waals surface area (Å²) >= 11 is 0. The van der Waals surface area contributed by atoms with Crippen molar-refractivity contribution >= 4 is 11.7 Å². The molecule has 11 nitrogen and oxygen atoms in total. The van der Waals surface area contributed by atoms with Crippen molar-refractivity contribution in [2.24, 2.45) is 0 Å². The second-order valence-electron chi connectivity index (χ2n) is 8.21. The SMILES string of the molecule is COC(=O)C[C@H](c1ccc(-c2cccc([N+](=O)[O-])c2)o1)c1c(O)cc(C)n(CCc2cnc[nH]2)c1=O. The van der Waals surface area contributed by atoms with Gasteiger partial charge in [0.2, 0.25) is 0 Å². The van der Waals surface area contributed by atoms with Gasteiger partial charge in [0.05, 0.1) is 36.3 Å². The van der Waals surface area contributed by atoms with E-state index in [-0.39, 0.29) is 29.2 Å². The highest BCUT2D eigenvalue weighted by Gasteiger charge is 2.29. The second-order valence-corrected chi connectivity index (χ2v) is 8.21. The molecule has 0 aliphatic rings. The molecule has 36 heavy (non-hydrogen) atoms. The summed E-state index contributed by atoms with van der Waals surface area (Å²) in [7, 11) is 1.23. The number of hydrogen-bond donors (Lipinski definition) is 2. The fraction of sp³-hybridized carbons (Fsp3) is 0.240. The summed E-state index contributed by atoms with van der Waals surface area (Å²) in [5.41, 5.74) is 1.28. The third-order valence-corrected chi connectivity index (χ3v) is 5.94. The number of pyridine rings is 1. The van der Waals surface area contributed by atoms with Crippen LogP contribution in [0.25, 0.3) is 11.3 Å². The lowest BCUT2D eigenvalue weighted by Gasteiger charge is -2.18. The van der Waals surface area contributed by atoms with E-state index >= 15 is 0 Å². The van der Waals surface area contributed by atoms with Gasteiger partial charge in [-0.15, -0.1) is 0 Å². The van der Waals surface area contributed by atoms with E-state index in [0.29, 0.717) is 30.0 Å². The highest BCUT2D eigenvalue weighted by molar-refractivity contribution is 5.71. The van der Waals surface area contributed by atoms with Crippen LogP contribution in [0.3, 0.4) is 0 Å². The molecule has 0 aliphatic heterocycles. The molecule has 2 N–H and O–H groups in total. The van der Waals surface area contributed by atoms with Crippen molar-refractivity contribution in [2.45, 2.75) is 32.2 Å². The molecule has 0 fully saturated rings. The Bertz CT molecular complexity index is 1450. The molecule has 11 heteroatoms. The lowest BCUT2D eigenvalue weighted by molar-refractivity contribution is -0.384. The first-order chi connectivity index (χ1) is 17.3. The number of aryl methyl sites for hydroxylation is 2. The molecule has 4 aromatic rings. The maximum absolute atomic E-state index is 13.6. The Hall–Kier alpha value is -4.67. The van der Waals surface area contributed by atoms with E-state index in [0.717, 1.165) is 5.69 Å². The van der Waals surface area contributed by atoms with Gasteiger partial charge in [-0.05, 0) is 25.1 Å². The molecule has 1 atom stereocenters. The van der Waals surface area contributed by atoms with Gasteiger partial charge in [0, 0.05) is 48.2 Å². The molecular weight excluding hydrogens is 468 g/mol. The molecule has 1 aromatic carbocycles. The van der Waals surface area contributed by atoms with Crippen molar-refractivity contribution in [1.29, 1.82) is 0 Å². The zero-order valence-electron chi connectivity index (χ0n) is 19.6. The van der Waals surface area contributed by atoms with Crippen molar-refractivity contribution in [3.63, 3.8) is 0 Å². The zero-order valence-corrected chi connectivity index (χ0v) is 19.6. The molecule has 0 radical (unpaired) electrons. The molecule has 186 valence electrons. The second kappa shape index (κ2) is 10.3. The van der Waals surface area contributed by atoms with Gasteiger partial charge in [0.1, 0.15) is 17.3 Å². The van der Waals surface area contributed by atoms with E-state index in [1.807, 2.05) is 0 Å². The van der Waals surface area contributed by atoms with Gasteiger partial charge in [0.15, 0.2) is 0 Å². The number of benzene rings is 1. The summed E-state index contributed by atoms with van der Waals surface area (Å²) in [5, 5.41) is 21.9. The number of furan rings is 1. The molecule has 0 spiro atoms. The van der Waals surface area contributed by atoms with Crippen LogP contribution in [0.15, 0.2) is 64.2 Å². The van der Waals surface area contributed by atoms with Gasteiger partial charge in [-0.25, -0.2) is 4.98 Å². The van der Waals surface area contributed by atoms with Gasteiger partial charge < -0.3 is 23.8 Å². The number of carbonyl (C=O) groups is 1. The maximum Gasteiger partial charge on any atom is 0.306 e. The quantitative estimate of drug-likeness (QED) is 0.204. The van der Waals surface area contributed by atoms with E-state index < -0.39 is 22.4 Å². The van der Waals surface area contributed by atoms with Gasteiger partial charge in [-0.2, -0.15) is 0 Å². The molecule has 0 saturated carbocycles. The topological polar surface area (TPSA) is 153 Å². The summed E-state index contributed by atoms with van der Waals surface area (Å²) < 4.78 is 12.3. The van der Waals surface area contributed by atoms with Crippen molar-refractivity contribution in [3.8, 4) is 17.1 Å². The number of nitro benzene ring substituents is 1. The Kier molecular flexibility index (Phi) is 7.00. The molecule has 4 rings (SSSR count). The van der Waals surface area contributed by atoms with E-state index in [4.69, 9.17) is 9.15 Å². The molecule has 0 saturated heterocycles. The Labute approximate surface area is 205 Å². The maximum atomic E-state index is 13.6. The summed E-state index contributed by atoms with van der Waals surface area (Å²) in [5.74, 6) is -1.27. The van der Waals surface area contributed by atoms with Crippen LogP contribution in [0.4, 0.5) is 5.69 Å². The number of ether oxygens (including phenoxy) is 1. The average molecular weight is 492 g/mol. The van der Waals surface area contributed by atoms with Gasteiger partial charge in [-0.3, -0.25) is 19.7 Å². The van der Waals surface area contributed by atoms with Crippen molar-refractivity contribution in [1.82, 2.24) is 14.5 Å². The standard InChI is InChI=1S/C25H24N4O7/c1-15-10-20(30)24(25(32)28(15)9-8-17-13-26-14-27-17)19(12-23(31)35-2)22-7-6-21(36-22)16-4-3-5-18(11-16)29(33)34/h3-7,10-11,13-14,19,30H,8-9,12H2,1-2H3,(H,26,27)/t19-/m1/s1. The number of rotatable bonds is 9. The number of methoxy groups -OCH3 is 1. The first-order valence-corrected chi connectivity index (χ1v) is 11.1. The number of aromatic hydroxyl groups is 1. The monoisotopic (exact) mass is 492 g/mol. The summed E-state index contributed by atoms with van der Waals surface area (Å²) in [6.45, 7) is 2.03. The molecular formula is C25H24N4O7. The number of non-ortho nitro benzene ring substituents is 1. The lowest BCUT2D eigenvalue weighted by Crippen LogP contribution is -2.29. The Morgan fingerprint density at radius 2 is 2.11 bits per heavy atom. The number of imidazole rings is 1. The Morgan fingerprint density at radius 1 is 1.31 bits per heavy atom. The van der Waals surface area contributed by atoms with E-state index in [1.54, 1.807) is 37.6 Å². The first-order valence-electron chi connectivity index (χ1n) is 11.1. The van der Waals surface area contributed by atoms with E-state index in [2.05, 4.69) is 9.97 Å². The van der Waals surface area contributed by atoms with Crippen LogP contribution in [0, 0.1) is 17.0 Å². The Morgan fingerprint density at radius 3 is 2.81 bits per heavy atom. The largest absolute Gasteiger partial charge is 0.507 e. The molecule has 0 amide bonds. The number of nitrogens with one attached hydrogen (secondary N) is 1. The van der Waals surface area contributed by atoms with Crippen LogP contribution in [0.2, 0.25) is 0 Å². The predicted octanol–water partition coefficient (Wildman–Crippen LogP) is 3.69. The fourth-order valence-corrected chi connectivity index (χ4v) is 4.09. The lowest BCUT2D eigenvalue weighted by atomic mass is 9.93. The minimum atomic E-state index is -0.948. The first kappa shape index (κ1) is 24.5. The highest BCUT2D eigenvalue weighted by Crippen LogP contribution is 2.36. The number of esters is 1. The van der Waals surface area contributed by atoms with Crippen molar-refractivity contribution < 1.29 is 24.0 Å². The average Bonchev–Trinajstić information content (AvgIpc) is 3.55. The Balaban J connectivity index is 1.76. The predicted molar refractivity (Wildman–Crippen MR) is 129 cm³/mol. The molecule has 0 unspecified atom stereocenters. The third-order valence-electron chi connectivity index (χ3n) is 5.94. The molecule has 3 heterocycles. The normalized spacial score (nSPS) is 11.8. The van der Waals surface area contributed by atoms with Gasteiger partial charge in [-0.1, -0.05) is 12.1 Å². The number of carbonyl (C=O) groups excluding carboxylic acids is 1. The van der Waals surface area contributed by atoms with Crippen LogP contribution in [0.1, 0.15) is 35.1 Å². The minimum Gasteiger partial charge on any atom is -0.507 e. The van der Waals surface area contributed by atoms with Crippen molar-refractivity contribution in [2.75, 3.05) is 7.11 Å². The van der Waals surface area contributed by atoms with Crippen LogP contribution >= 0.6 is 0 Å². The van der Waals surface area contributed by atoms with Crippen molar-refractivity contribution in [3.05, 3.63) is 98.2 Å². The van der Waals surface area contributed by atoms with Crippen LogP contribution in [-0.2, 0) is 22.5 Å². The molecule has 0 aliphatic carbocycles. The number of H-pyrrole nitrogens is 1. The number of nitrogens with zero attached hydrogens (tertiary/aromatic N) is 3.